The minimum atomic E-state index is -6.49. The third-order valence-electron chi connectivity index (χ3n) is 13.1. The third kappa shape index (κ3) is 8.99. The van der Waals surface area contributed by atoms with Crippen LogP contribution in [0.3, 0.4) is 0 Å². The minimum Gasteiger partial charge on any atom is -0.200 e. The highest BCUT2D eigenvalue weighted by atomic mass is 28.3. The van der Waals surface area contributed by atoms with E-state index in [1.165, 1.54) is 0 Å². The van der Waals surface area contributed by atoms with Gasteiger partial charge in [-0.3, -0.25) is 0 Å². The monoisotopic (exact) mass is 946 g/mol. The Kier molecular flexibility index (Phi) is 13.9. The van der Waals surface area contributed by atoms with Gasteiger partial charge in [-0.15, -0.1) is 11.1 Å². The maximum atomic E-state index is 14.9. The van der Waals surface area contributed by atoms with E-state index in [2.05, 4.69) is 22.9 Å². The van der Waals surface area contributed by atoms with Gasteiger partial charge in [-0.1, -0.05) is 116 Å². The molecule has 5 aromatic carbocycles. The fourth-order valence-electron chi connectivity index (χ4n) is 8.87. The molecule has 0 aromatic heterocycles. The van der Waals surface area contributed by atoms with Crippen LogP contribution in [-0.4, -0.2) is 52.2 Å². The van der Waals surface area contributed by atoms with Gasteiger partial charge in [0.1, 0.15) is 16.1 Å². The van der Waals surface area contributed by atoms with Gasteiger partial charge in [0.05, 0.1) is 0 Å². The van der Waals surface area contributed by atoms with E-state index in [1.807, 2.05) is 48.5 Å². The molecule has 16 heteroatoms. The molecule has 0 aliphatic rings. The Labute approximate surface area is 365 Å². The van der Waals surface area contributed by atoms with Crippen LogP contribution in [0, 0.1) is 22.9 Å². The van der Waals surface area contributed by atoms with Crippen LogP contribution in [0.4, 0.5) is 61.5 Å². The number of hydrogen-bond donors (Lipinski definition) is 0. The SMILES string of the molecule is CC(C)[Si](C#Cc1c2cc3ccccc3cc2c(C#C[Si](CCC(F)(F)C(F)(F)C(F)(F)F)(C(C)C)C(C)C)c2cc3ccccc3cc12)(CCC(F)(F)C(F)(F)C(F)(F)F)C(C)C. The summed E-state index contributed by atoms with van der Waals surface area (Å²) in [5.74, 6) is -16.9. The second-order valence-electron chi connectivity index (χ2n) is 18.0. The van der Waals surface area contributed by atoms with Crippen LogP contribution in [0.5, 0.6) is 0 Å². The molecule has 0 unspecified atom stereocenters. The second kappa shape index (κ2) is 17.5. The van der Waals surface area contributed by atoms with Gasteiger partial charge >= 0.3 is 36.0 Å². The molecule has 0 heterocycles. The summed E-state index contributed by atoms with van der Waals surface area (Å²) in [7, 11) is -7.08. The van der Waals surface area contributed by atoms with Crippen molar-refractivity contribution in [2.24, 2.45) is 0 Å². The molecule has 0 N–H and O–H groups in total. The summed E-state index contributed by atoms with van der Waals surface area (Å²) in [6.07, 6.45) is -16.5. The molecule has 64 heavy (non-hydrogen) atoms. The van der Waals surface area contributed by atoms with Crippen LogP contribution < -0.4 is 0 Å². The van der Waals surface area contributed by atoms with Crippen molar-refractivity contribution >= 4 is 59.2 Å². The summed E-state index contributed by atoms with van der Waals surface area (Å²) in [4.78, 5) is 0. The quantitative estimate of drug-likeness (QED) is 0.0506. The van der Waals surface area contributed by atoms with Crippen molar-refractivity contribution in [3.05, 3.63) is 83.9 Å². The Morgan fingerprint density at radius 1 is 0.406 bits per heavy atom. The van der Waals surface area contributed by atoms with Crippen molar-refractivity contribution in [2.75, 3.05) is 0 Å². The van der Waals surface area contributed by atoms with Gasteiger partial charge in [0.2, 0.25) is 0 Å². The number of fused-ring (bicyclic) bond motifs is 4. The van der Waals surface area contributed by atoms with Crippen molar-refractivity contribution in [2.45, 2.75) is 139 Å². The number of alkyl halides is 14. The van der Waals surface area contributed by atoms with Gasteiger partial charge in [0.25, 0.3) is 0 Å². The van der Waals surface area contributed by atoms with E-state index in [9.17, 15) is 61.5 Å². The van der Waals surface area contributed by atoms with Crippen molar-refractivity contribution in [1.82, 2.24) is 0 Å². The largest absolute Gasteiger partial charge is 0.459 e. The van der Waals surface area contributed by atoms with E-state index in [0.717, 1.165) is 21.5 Å². The molecule has 0 radical (unpaired) electrons. The topological polar surface area (TPSA) is 0 Å². The summed E-state index contributed by atoms with van der Waals surface area (Å²) in [5, 5.41) is 4.85. The normalized spacial score (nSPS) is 14.0. The maximum Gasteiger partial charge on any atom is 0.459 e. The van der Waals surface area contributed by atoms with Gasteiger partial charge in [-0.05, 0) is 102 Å². The maximum absolute atomic E-state index is 14.9. The fraction of sp³-hybridized carbons (Fsp3) is 0.458. The highest BCUT2D eigenvalue weighted by Gasteiger charge is 2.73. The zero-order valence-corrected chi connectivity index (χ0v) is 38.4. The van der Waals surface area contributed by atoms with Gasteiger partial charge < -0.3 is 0 Å². The lowest BCUT2D eigenvalue weighted by atomic mass is 9.89. The summed E-state index contributed by atoms with van der Waals surface area (Å²) < 4.78 is 196. The molecular formula is C48H48F14Si2. The molecule has 5 aromatic rings. The Morgan fingerprint density at radius 3 is 0.844 bits per heavy atom. The lowest BCUT2D eigenvalue weighted by molar-refractivity contribution is -0.355. The Bertz CT molecular complexity index is 2360. The first-order chi connectivity index (χ1) is 29.3. The van der Waals surface area contributed by atoms with E-state index in [-0.39, 0.29) is 0 Å². The molecule has 0 fully saturated rings. The molecule has 0 spiro atoms. The van der Waals surface area contributed by atoms with Crippen LogP contribution in [-0.2, 0) is 0 Å². The van der Waals surface area contributed by atoms with E-state index in [1.54, 1.807) is 79.7 Å². The van der Waals surface area contributed by atoms with Crippen molar-refractivity contribution in [3.8, 4) is 22.9 Å². The molecule has 0 saturated heterocycles. The van der Waals surface area contributed by atoms with Crippen LogP contribution in [0.15, 0.2) is 72.8 Å². The van der Waals surface area contributed by atoms with E-state index in [0.29, 0.717) is 32.7 Å². The zero-order chi connectivity index (χ0) is 48.2. The van der Waals surface area contributed by atoms with Crippen LogP contribution >= 0.6 is 0 Å². The highest BCUT2D eigenvalue weighted by Crippen LogP contribution is 2.52. The van der Waals surface area contributed by atoms with Crippen molar-refractivity contribution < 1.29 is 61.5 Å². The molecule has 0 aliphatic carbocycles. The summed E-state index contributed by atoms with van der Waals surface area (Å²) in [6.45, 7) is 13.4. The predicted molar refractivity (Wildman–Crippen MR) is 233 cm³/mol. The molecule has 0 atom stereocenters. The fourth-order valence-corrected chi connectivity index (χ4v) is 17.4. The van der Waals surface area contributed by atoms with Gasteiger partial charge in [0, 0.05) is 24.0 Å². The van der Waals surface area contributed by atoms with Crippen LogP contribution in [0.2, 0.25) is 34.3 Å². The molecular weight excluding hydrogens is 899 g/mol. The minimum absolute atomic E-state index is 0.378. The smallest absolute Gasteiger partial charge is 0.200 e. The molecule has 5 rings (SSSR count). The molecule has 346 valence electrons. The van der Waals surface area contributed by atoms with E-state index >= 15 is 0 Å². The first kappa shape index (κ1) is 50.7. The molecule has 0 nitrogen and oxygen atoms in total. The van der Waals surface area contributed by atoms with Crippen LogP contribution in [0.1, 0.15) is 79.4 Å². The third-order valence-corrected chi connectivity index (χ3v) is 24.7. The molecule has 0 amide bonds. The first-order valence-electron chi connectivity index (χ1n) is 20.8. The lowest BCUT2D eigenvalue weighted by Gasteiger charge is -2.37. The molecule has 0 saturated carbocycles. The number of hydrogen-bond acceptors (Lipinski definition) is 0. The first-order valence-corrected chi connectivity index (χ1v) is 25.5. The van der Waals surface area contributed by atoms with Gasteiger partial charge in [-0.2, -0.15) is 61.5 Å². The number of benzene rings is 5. The lowest BCUT2D eigenvalue weighted by Crippen LogP contribution is -2.53. The Balaban J connectivity index is 1.87. The number of halogens is 14. The molecule has 0 aliphatic heterocycles. The average molecular weight is 947 g/mol. The van der Waals surface area contributed by atoms with Crippen molar-refractivity contribution in [1.29, 1.82) is 0 Å². The zero-order valence-electron chi connectivity index (χ0n) is 36.4. The summed E-state index contributed by atoms with van der Waals surface area (Å²) in [5.41, 5.74) is 5.26. The molecule has 0 bridgehead atoms. The number of rotatable bonds is 12. The predicted octanol–water partition coefficient (Wildman–Crippen LogP) is 17.1. The Hall–Kier alpha value is -4.29. The van der Waals surface area contributed by atoms with E-state index < -0.39 is 99.3 Å². The van der Waals surface area contributed by atoms with Crippen molar-refractivity contribution in [3.63, 3.8) is 0 Å². The standard InChI is InChI=1S/C48H48F14Si2/c1-29(2)63(30(3)4,23-19-43(49,50)45(53,54)47(57,58)59)21-17-37-39-25-33-13-9-11-15-35(33)27-41(39)38(42-28-36-16-12-10-14-34(36)26-40(37)42)18-22-64(31(5)6,32(7)8)24-20-44(51,52)46(55,56)48(60,61)62/h9-16,25-32H,19-20,23-24H2,1-8H3. The summed E-state index contributed by atoms with van der Waals surface area (Å²) in [6, 6.07) is 20.3. The highest BCUT2D eigenvalue weighted by molar-refractivity contribution is 6.90. The second-order valence-corrected chi connectivity index (χ2v) is 28.3. The van der Waals surface area contributed by atoms with Gasteiger partial charge in [0.15, 0.2) is 0 Å². The average Bonchev–Trinajstić information content (AvgIpc) is 3.18. The Morgan fingerprint density at radius 2 is 0.641 bits per heavy atom. The summed E-state index contributed by atoms with van der Waals surface area (Å²) >= 11 is 0. The van der Waals surface area contributed by atoms with Gasteiger partial charge in [-0.25, -0.2) is 0 Å². The van der Waals surface area contributed by atoms with Crippen LogP contribution in [0.25, 0.3) is 43.1 Å². The van der Waals surface area contributed by atoms with E-state index in [4.69, 9.17) is 0 Å².